The molecule has 2 aliphatic heterocycles. The number of hydrogen-bond acceptors (Lipinski definition) is 5. The van der Waals surface area contributed by atoms with Gasteiger partial charge in [0, 0.05) is 37.1 Å². The molecule has 39 heavy (non-hydrogen) atoms. The molecule has 1 amide bonds. The molecule has 3 aliphatic rings. The number of nitrogens with zero attached hydrogens (tertiary/aromatic N) is 6. The summed E-state index contributed by atoms with van der Waals surface area (Å²) in [7, 11) is 1.97. The van der Waals surface area contributed by atoms with Gasteiger partial charge in [-0.1, -0.05) is 13.8 Å². The average molecular weight is 525 g/mol. The maximum Gasteiger partial charge on any atom is 0.264 e. The van der Waals surface area contributed by atoms with Crippen LogP contribution in [0.3, 0.4) is 0 Å². The van der Waals surface area contributed by atoms with Gasteiger partial charge in [-0.15, -0.1) is 10.2 Å². The molecule has 8 heteroatoms. The molecule has 4 aromatic rings. The van der Waals surface area contributed by atoms with Crippen LogP contribution < -0.4 is 4.90 Å². The Morgan fingerprint density at radius 1 is 1.10 bits per heavy atom. The number of hydrogen-bond donors (Lipinski definition) is 0. The Balaban J connectivity index is 1.29. The topological polar surface area (TPSA) is 67.2 Å². The van der Waals surface area contributed by atoms with E-state index >= 15 is 4.39 Å². The van der Waals surface area contributed by atoms with E-state index in [2.05, 4.69) is 33.9 Å². The van der Waals surface area contributed by atoms with Crippen LogP contribution in [0.5, 0.6) is 0 Å². The van der Waals surface area contributed by atoms with Crippen LogP contribution in [0.2, 0.25) is 0 Å². The zero-order chi connectivity index (χ0) is 26.9. The van der Waals surface area contributed by atoms with Gasteiger partial charge in [0.15, 0.2) is 0 Å². The summed E-state index contributed by atoms with van der Waals surface area (Å²) in [6, 6.07) is 11.1. The first-order valence-electron chi connectivity index (χ1n) is 14.0. The summed E-state index contributed by atoms with van der Waals surface area (Å²) in [5, 5.41) is 9.78. The first kappa shape index (κ1) is 24.4. The summed E-state index contributed by atoms with van der Waals surface area (Å²) in [6.07, 6.45) is 7.83. The zero-order valence-corrected chi connectivity index (χ0v) is 22.7. The van der Waals surface area contributed by atoms with Crippen molar-refractivity contribution < 1.29 is 9.18 Å². The maximum absolute atomic E-state index is 15.2. The van der Waals surface area contributed by atoms with Gasteiger partial charge >= 0.3 is 0 Å². The summed E-state index contributed by atoms with van der Waals surface area (Å²) in [6.45, 7) is 7.30. The van der Waals surface area contributed by atoms with Crippen molar-refractivity contribution in [3.63, 3.8) is 0 Å². The van der Waals surface area contributed by atoms with Gasteiger partial charge < -0.3 is 4.57 Å². The van der Waals surface area contributed by atoms with Gasteiger partial charge in [-0.05, 0) is 91.6 Å². The van der Waals surface area contributed by atoms with E-state index in [0.717, 1.165) is 49.4 Å². The molecule has 2 aromatic heterocycles. The van der Waals surface area contributed by atoms with Crippen molar-refractivity contribution in [1.82, 2.24) is 24.6 Å². The number of amides is 1. The average Bonchev–Trinajstić information content (AvgIpc) is 3.45. The Labute approximate surface area is 227 Å². The molecule has 1 aliphatic carbocycles. The number of rotatable bonds is 5. The molecular weight excluding hydrogens is 491 g/mol. The highest BCUT2D eigenvalue weighted by Crippen LogP contribution is 2.52. The largest absolute Gasteiger partial charge is 0.320 e. The third-order valence-electron chi connectivity index (χ3n) is 8.98. The zero-order valence-electron chi connectivity index (χ0n) is 22.7. The molecule has 2 aromatic carbocycles. The first-order valence-corrected chi connectivity index (χ1v) is 14.0. The molecule has 1 atom stereocenters. The van der Waals surface area contributed by atoms with E-state index in [-0.39, 0.29) is 17.1 Å². The minimum Gasteiger partial charge on any atom is -0.320 e. The van der Waals surface area contributed by atoms with E-state index < -0.39 is 0 Å². The smallest absolute Gasteiger partial charge is 0.264 e. The second-order valence-electron chi connectivity index (χ2n) is 12.0. The summed E-state index contributed by atoms with van der Waals surface area (Å²) < 4.78 is 17.2. The van der Waals surface area contributed by atoms with Gasteiger partial charge in [-0.25, -0.2) is 9.37 Å². The van der Waals surface area contributed by atoms with E-state index in [1.807, 2.05) is 35.9 Å². The number of benzene rings is 2. The number of carbonyl (C=O) groups is 1. The molecule has 0 N–H and O–H groups in total. The molecule has 0 unspecified atom stereocenters. The van der Waals surface area contributed by atoms with Crippen LogP contribution in [0, 0.1) is 17.7 Å². The third kappa shape index (κ3) is 3.79. The number of carbonyl (C=O) groups excluding carboxylic acids is 1. The van der Waals surface area contributed by atoms with E-state index in [0.29, 0.717) is 39.7 Å². The number of pyridine rings is 1. The van der Waals surface area contributed by atoms with Gasteiger partial charge in [0.25, 0.3) is 5.91 Å². The van der Waals surface area contributed by atoms with Crippen molar-refractivity contribution in [1.29, 1.82) is 0 Å². The summed E-state index contributed by atoms with van der Waals surface area (Å²) >= 11 is 0. The number of likely N-dealkylation sites (tertiary alicyclic amines) is 1. The number of piperidine rings is 1. The first-order chi connectivity index (χ1) is 18.8. The fourth-order valence-corrected chi connectivity index (χ4v) is 7.32. The van der Waals surface area contributed by atoms with Gasteiger partial charge in [-0.2, -0.15) is 0 Å². The summed E-state index contributed by atoms with van der Waals surface area (Å²) in [4.78, 5) is 22.7. The number of halogens is 1. The highest BCUT2D eigenvalue weighted by molar-refractivity contribution is 6.27. The monoisotopic (exact) mass is 524 g/mol. The summed E-state index contributed by atoms with van der Waals surface area (Å²) in [5.74, 6) is 2.23. The quantitative estimate of drug-likeness (QED) is 0.333. The van der Waals surface area contributed by atoms with Gasteiger partial charge in [0.05, 0.1) is 16.7 Å². The maximum atomic E-state index is 15.2. The fraction of sp³-hybridized carbons (Fsp3) is 0.419. The van der Waals surface area contributed by atoms with E-state index in [1.165, 1.54) is 18.9 Å². The molecule has 200 valence electrons. The number of aryl methyl sites for hydroxylation is 1. The SMILES string of the molecule is CC1CC(c2ccnc(N3C(=O)c4cc(CN5CCC[C@H](C)C5)cc5c(F)ccc3c45)c2)(c2nncn2C)C1. The van der Waals surface area contributed by atoms with E-state index in [9.17, 15) is 4.79 Å². The minimum atomic E-state index is -0.301. The molecule has 0 bridgehead atoms. The molecule has 1 saturated carbocycles. The second kappa shape index (κ2) is 8.95. The summed E-state index contributed by atoms with van der Waals surface area (Å²) in [5.41, 5.74) is 3.01. The minimum absolute atomic E-state index is 0.159. The number of anilines is 2. The Hall–Kier alpha value is -3.65. The molecule has 1 saturated heterocycles. The Morgan fingerprint density at radius 3 is 2.69 bits per heavy atom. The van der Waals surface area contributed by atoms with Gasteiger partial charge in [0.1, 0.15) is 23.8 Å². The van der Waals surface area contributed by atoms with Crippen molar-refractivity contribution >= 4 is 28.2 Å². The highest BCUT2D eigenvalue weighted by atomic mass is 19.1. The molecule has 7 nitrogen and oxygen atoms in total. The van der Waals surface area contributed by atoms with Crippen molar-refractivity contribution in [2.24, 2.45) is 18.9 Å². The Morgan fingerprint density at radius 2 is 1.95 bits per heavy atom. The molecule has 0 spiro atoms. The molecule has 7 rings (SSSR count). The van der Waals surface area contributed by atoms with E-state index in [4.69, 9.17) is 0 Å². The van der Waals surface area contributed by atoms with Crippen molar-refractivity contribution in [2.45, 2.75) is 51.5 Å². The Bertz CT molecular complexity index is 1610. The lowest BCUT2D eigenvalue weighted by Crippen LogP contribution is -2.43. The lowest BCUT2D eigenvalue weighted by molar-refractivity contribution is 0.100. The predicted molar refractivity (Wildman–Crippen MR) is 148 cm³/mol. The van der Waals surface area contributed by atoms with Crippen LogP contribution in [-0.4, -0.2) is 43.6 Å². The van der Waals surface area contributed by atoms with E-state index in [1.54, 1.807) is 23.5 Å². The predicted octanol–water partition coefficient (Wildman–Crippen LogP) is 5.74. The van der Waals surface area contributed by atoms with Crippen LogP contribution in [0.25, 0.3) is 10.8 Å². The molecular formula is C31H33FN6O. The highest BCUT2D eigenvalue weighted by Gasteiger charge is 2.48. The molecule has 4 heterocycles. The normalized spacial score (nSPS) is 24.9. The second-order valence-corrected chi connectivity index (χ2v) is 12.0. The van der Waals surface area contributed by atoms with Crippen molar-refractivity contribution in [3.8, 4) is 0 Å². The van der Waals surface area contributed by atoms with Crippen molar-refractivity contribution in [2.75, 3.05) is 18.0 Å². The third-order valence-corrected chi connectivity index (χ3v) is 8.98. The van der Waals surface area contributed by atoms with Crippen LogP contribution >= 0.6 is 0 Å². The molecule has 0 radical (unpaired) electrons. The van der Waals surface area contributed by atoms with Crippen LogP contribution in [0.15, 0.2) is 48.9 Å². The standard InChI is InChI=1S/C31H33FN6O/c1-19-5-4-10-37(16-19)17-21-11-23-25(32)6-7-26-28(23)24(12-21)29(39)38(26)27-13-22(8-9-33-27)31(14-20(2)15-31)30-35-34-18-36(30)3/h6-9,11-13,18-20H,4-5,10,14-17H2,1-3H3/t19-,20?,31?/m0/s1. The van der Waals surface area contributed by atoms with Crippen LogP contribution in [-0.2, 0) is 19.0 Å². The number of aromatic nitrogens is 4. The fourth-order valence-electron chi connectivity index (χ4n) is 7.32. The molecule has 2 fully saturated rings. The van der Waals surface area contributed by atoms with Gasteiger partial charge in [0.2, 0.25) is 0 Å². The van der Waals surface area contributed by atoms with Crippen LogP contribution in [0.1, 0.15) is 66.8 Å². The van der Waals surface area contributed by atoms with Crippen molar-refractivity contribution in [3.05, 3.63) is 77.3 Å². The lowest BCUT2D eigenvalue weighted by Gasteiger charge is -2.46. The Kier molecular flexibility index (Phi) is 5.60. The lowest BCUT2D eigenvalue weighted by atomic mass is 9.58. The van der Waals surface area contributed by atoms with Crippen LogP contribution in [0.4, 0.5) is 15.9 Å². The van der Waals surface area contributed by atoms with Gasteiger partial charge in [-0.3, -0.25) is 14.6 Å².